The molecule has 0 saturated heterocycles. The monoisotopic (exact) mass is 951 g/mol. The summed E-state index contributed by atoms with van der Waals surface area (Å²) < 4.78 is 16.8. The molecule has 6 heteroatoms. The molecule has 0 aliphatic heterocycles. The fraction of sp³-hybridized carbons (Fsp3) is 0.790. The average Bonchev–Trinajstić information content (AvgIpc) is 3.34. The zero-order valence-electron chi connectivity index (χ0n) is 45.1. The Morgan fingerprint density at radius 1 is 0.309 bits per heavy atom. The summed E-state index contributed by atoms with van der Waals surface area (Å²) in [4.78, 5) is 38.1. The first-order chi connectivity index (χ1) is 33.5. The van der Waals surface area contributed by atoms with Gasteiger partial charge in [-0.25, -0.2) is 0 Å². The third-order valence-electron chi connectivity index (χ3n) is 12.7. The minimum Gasteiger partial charge on any atom is -0.462 e. The second-order valence-corrected chi connectivity index (χ2v) is 19.5. The van der Waals surface area contributed by atoms with Gasteiger partial charge in [-0.2, -0.15) is 0 Å². The highest BCUT2D eigenvalue weighted by Crippen LogP contribution is 2.17. The molecule has 0 radical (unpaired) electrons. The number of rotatable bonds is 53. The Morgan fingerprint density at radius 3 is 0.971 bits per heavy atom. The maximum absolute atomic E-state index is 12.8. The molecule has 0 aromatic carbocycles. The number of hydrogen-bond acceptors (Lipinski definition) is 6. The van der Waals surface area contributed by atoms with Crippen LogP contribution in [0.2, 0.25) is 0 Å². The van der Waals surface area contributed by atoms with E-state index in [2.05, 4.69) is 81.5 Å². The van der Waals surface area contributed by atoms with Crippen molar-refractivity contribution in [3.05, 3.63) is 60.8 Å². The van der Waals surface area contributed by atoms with E-state index in [0.29, 0.717) is 19.3 Å². The Kier molecular flexibility index (Phi) is 54.3. The minimum absolute atomic E-state index is 0.0763. The zero-order valence-corrected chi connectivity index (χ0v) is 45.1. The van der Waals surface area contributed by atoms with E-state index in [-0.39, 0.29) is 31.1 Å². The van der Waals surface area contributed by atoms with Gasteiger partial charge in [-0.15, -0.1) is 0 Å². The Balaban J connectivity index is 4.26. The third kappa shape index (κ3) is 54.1. The Hall–Kier alpha value is -2.89. The van der Waals surface area contributed by atoms with Crippen molar-refractivity contribution in [3.8, 4) is 0 Å². The largest absolute Gasteiger partial charge is 0.462 e. The van der Waals surface area contributed by atoms with Gasteiger partial charge in [0.15, 0.2) is 6.10 Å². The van der Waals surface area contributed by atoms with E-state index < -0.39 is 6.10 Å². The van der Waals surface area contributed by atoms with Crippen LogP contribution in [0.25, 0.3) is 0 Å². The molecule has 0 spiro atoms. The quantitative estimate of drug-likeness (QED) is 0.0262. The van der Waals surface area contributed by atoms with Gasteiger partial charge < -0.3 is 14.2 Å². The van der Waals surface area contributed by atoms with E-state index in [4.69, 9.17) is 14.2 Å². The van der Waals surface area contributed by atoms with Crippen molar-refractivity contribution in [3.63, 3.8) is 0 Å². The molecule has 1 atom stereocenters. The SMILES string of the molecule is CC/C=C\C/C=C\C/C=C\C/C=C\CCCCCCCCCCCCC(=O)OCC(COC(=O)CCCCCCC/C=C\CCC)OC(=O)CCCCCCCCCCCCCCCCCCC. The van der Waals surface area contributed by atoms with Crippen LogP contribution in [-0.4, -0.2) is 37.2 Å². The number of esters is 3. The highest BCUT2D eigenvalue weighted by atomic mass is 16.6. The fourth-order valence-electron chi connectivity index (χ4n) is 8.38. The van der Waals surface area contributed by atoms with Gasteiger partial charge in [0.2, 0.25) is 0 Å². The fourth-order valence-corrected chi connectivity index (χ4v) is 8.38. The number of carbonyl (C=O) groups is 3. The van der Waals surface area contributed by atoms with Crippen LogP contribution in [0.15, 0.2) is 60.8 Å². The molecular formula is C62H110O6. The van der Waals surface area contributed by atoms with E-state index in [1.165, 1.54) is 161 Å². The first-order valence-electron chi connectivity index (χ1n) is 29.3. The van der Waals surface area contributed by atoms with Gasteiger partial charge in [0.25, 0.3) is 0 Å². The number of ether oxygens (including phenoxy) is 3. The van der Waals surface area contributed by atoms with Crippen molar-refractivity contribution in [1.29, 1.82) is 0 Å². The lowest BCUT2D eigenvalue weighted by atomic mass is 10.0. The van der Waals surface area contributed by atoms with E-state index in [1.807, 2.05) is 0 Å². The molecule has 0 aliphatic carbocycles. The molecule has 68 heavy (non-hydrogen) atoms. The molecular weight excluding hydrogens is 841 g/mol. The first kappa shape index (κ1) is 65.1. The van der Waals surface area contributed by atoms with Crippen molar-refractivity contribution < 1.29 is 28.6 Å². The van der Waals surface area contributed by atoms with Crippen molar-refractivity contribution in [2.75, 3.05) is 13.2 Å². The lowest BCUT2D eigenvalue weighted by Crippen LogP contribution is -2.30. The van der Waals surface area contributed by atoms with Crippen LogP contribution in [0, 0.1) is 0 Å². The van der Waals surface area contributed by atoms with Crippen molar-refractivity contribution in [2.24, 2.45) is 0 Å². The topological polar surface area (TPSA) is 78.9 Å². The lowest BCUT2D eigenvalue weighted by molar-refractivity contribution is -0.167. The predicted molar refractivity (Wildman–Crippen MR) is 293 cm³/mol. The van der Waals surface area contributed by atoms with Gasteiger partial charge >= 0.3 is 17.9 Å². The standard InChI is InChI=1S/C62H110O6/c1-4-7-10-13-16-19-22-24-26-28-29-30-31-32-33-35-36-38-40-43-46-49-52-55-61(64)67-58-59(57-66-60(63)54-51-48-45-42-21-18-15-12-9-6-3)68-62(65)56-53-50-47-44-41-39-37-34-27-25-23-20-17-14-11-8-5-2/h7,10,12,15-16,19,24,26,29-30,59H,4-6,8-9,11,13-14,17-18,20-23,25,27-28,31-58H2,1-3H3/b10-7-,15-12-,19-16-,26-24-,30-29-. The van der Waals surface area contributed by atoms with Crippen LogP contribution >= 0.6 is 0 Å². The normalized spacial score (nSPS) is 12.5. The molecule has 0 rings (SSSR count). The van der Waals surface area contributed by atoms with Gasteiger partial charge in [-0.1, -0.05) is 261 Å². The van der Waals surface area contributed by atoms with E-state index in [1.54, 1.807) is 0 Å². The van der Waals surface area contributed by atoms with Gasteiger partial charge in [-0.05, 0) is 77.0 Å². The van der Waals surface area contributed by atoms with E-state index in [0.717, 1.165) is 96.3 Å². The predicted octanol–water partition coefficient (Wildman–Crippen LogP) is 19.6. The molecule has 0 amide bonds. The summed E-state index contributed by atoms with van der Waals surface area (Å²) in [5.41, 5.74) is 0. The molecule has 6 nitrogen and oxygen atoms in total. The summed E-state index contributed by atoms with van der Waals surface area (Å²) in [5.74, 6) is -0.878. The molecule has 0 fully saturated rings. The third-order valence-corrected chi connectivity index (χ3v) is 12.7. The van der Waals surface area contributed by atoms with Crippen LogP contribution in [0.5, 0.6) is 0 Å². The van der Waals surface area contributed by atoms with Gasteiger partial charge in [0.1, 0.15) is 13.2 Å². The Labute approximate surface area is 421 Å². The number of carbonyl (C=O) groups excluding carboxylic acids is 3. The highest BCUT2D eigenvalue weighted by molar-refractivity contribution is 5.71. The van der Waals surface area contributed by atoms with Crippen LogP contribution in [0.1, 0.15) is 297 Å². The van der Waals surface area contributed by atoms with Crippen LogP contribution in [-0.2, 0) is 28.6 Å². The van der Waals surface area contributed by atoms with E-state index in [9.17, 15) is 14.4 Å². The first-order valence-corrected chi connectivity index (χ1v) is 29.3. The molecule has 0 aliphatic rings. The number of allylic oxidation sites excluding steroid dienone is 10. The summed E-state index contributed by atoms with van der Waals surface area (Å²) in [6.07, 6.45) is 70.8. The molecule has 0 N–H and O–H groups in total. The van der Waals surface area contributed by atoms with E-state index >= 15 is 0 Å². The summed E-state index contributed by atoms with van der Waals surface area (Å²) in [6, 6.07) is 0. The lowest BCUT2D eigenvalue weighted by Gasteiger charge is -2.18. The van der Waals surface area contributed by atoms with Gasteiger partial charge in [0.05, 0.1) is 0 Å². The molecule has 0 heterocycles. The van der Waals surface area contributed by atoms with Crippen LogP contribution in [0.4, 0.5) is 0 Å². The summed E-state index contributed by atoms with van der Waals surface area (Å²) in [5, 5.41) is 0. The van der Waals surface area contributed by atoms with Crippen molar-refractivity contribution in [1.82, 2.24) is 0 Å². The van der Waals surface area contributed by atoms with Gasteiger partial charge in [-0.3, -0.25) is 14.4 Å². The molecule has 394 valence electrons. The maximum Gasteiger partial charge on any atom is 0.306 e. The second-order valence-electron chi connectivity index (χ2n) is 19.5. The molecule has 0 aromatic heterocycles. The minimum atomic E-state index is -0.776. The smallest absolute Gasteiger partial charge is 0.306 e. The summed E-state index contributed by atoms with van der Waals surface area (Å²) in [7, 11) is 0. The summed E-state index contributed by atoms with van der Waals surface area (Å²) >= 11 is 0. The zero-order chi connectivity index (χ0) is 49.3. The van der Waals surface area contributed by atoms with Crippen LogP contribution < -0.4 is 0 Å². The molecule has 1 unspecified atom stereocenters. The number of unbranched alkanes of at least 4 members (excludes halogenated alkanes) is 32. The van der Waals surface area contributed by atoms with Gasteiger partial charge in [0, 0.05) is 19.3 Å². The molecule has 0 bridgehead atoms. The second kappa shape index (κ2) is 56.7. The average molecular weight is 952 g/mol. The van der Waals surface area contributed by atoms with Crippen LogP contribution in [0.3, 0.4) is 0 Å². The Bertz CT molecular complexity index is 1230. The number of hydrogen-bond donors (Lipinski definition) is 0. The maximum atomic E-state index is 12.8. The molecule has 0 aromatic rings. The molecule has 0 saturated carbocycles. The van der Waals surface area contributed by atoms with Crippen molar-refractivity contribution >= 4 is 17.9 Å². The summed E-state index contributed by atoms with van der Waals surface area (Å²) in [6.45, 7) is 6.49. The highest BCUT2D eigenvalue weighted by Gasteiger charge is 2.19. The van der Waals surface area contributed by atoms with Crippen molar-refractivity contribution in [2.45, 2.75) is 303 Å². The Morgan fingerprint density at radius 2 is 0.603 bits per heavy atom.